The Morgan fingerprint density at radius 1 is 0.556 bits per heavy atom. The van der Waals surface area contributed by atoms with Gasteiger partial charge in [-0.25, -0.2) is 0 Å². The summed E-state index contributed by atoms with van der Waals surface area (Å²) in [6, 6.07) is 15.9. The second-order valence-corrected chi connectivity index (χ2v) is 18.3. The smallest absolute Gasteiger partial charge is 0.242 e. The number of rotatable bonds is 21. The monoisotopic (exact) mass is 913 g/mol. The third kappa shape index (κ3) is 15.8. The van der Waals surface area contributed by atoms with Gasteiger partial charge >= 0.3 is 0 Å². The molecule has 12 nitrogen and oxygen atoms in total. The van der Waals surface area contributed by atoms with E-state index in [9.17, 15) is 14.4 Å². The largest absolute Gasteiger partial charge is 0.497 e. The maximum atomic E-state index is 12.2. The fourth-order valence-electron chi connectivity index (χ4n) is 4.79. The Labute approximate surface area is 343 Å². The van der Waals surface area contributed by atoms with Crippen molar-refractivity contribution in [3.8, 4) is 34.5 Å². The van der Waals surface area contributed by atoms with Crippen LogP contribution in [0.1, 0.15) is 34.8 Å². The lowest BCUT2D eigenvalue weighted by Crippen LogP contribution is -2.27. The Bertz CT molecular complexity index is 1570. The highest BCUT2D eigenvalue weighted by molar-refractivity contribution is 8.76. The predicted molar refractivity (Wildman–Crippen MR) is 245 cm³/mol. The number of carbonyl (C=O) groups is 3. The quantitative estimate of drug-likeness (QED) is 0.0352. The molecule has 0 aliphatic rings. The number of methoxy groups -OCH3 is 6. The maximum absolute atomic E-state index is 12.2. The maximum Gasteiger partial charge on any atom is 0.242 e. The van der Waals surface area contributed by atoms with Gasteiger partial charge < -0.3 is 44.4 Å². The van der Waals surface area contributed by atoms with Crippen LogP contribution in [-0.4, -0.2) is 76.9 Å². The standard InChI is InChI=1S/C22H32N2O6P4S2.C11H17NO3P2S/c1-27-13-5-7-15(19(9-13)29-3)17(23-21(25)33-31)11-35-36-12-18(24-22(26)34-32)16-8-6-14(28-2)10-20(16)30-4;1-14-7-3-4-8(10(5-7)15-2)9(6-18)12-11(13)17-16/h5-10,17-18,33-34H,11-12,31-32H2,1-4H3,(H,23,25)(H,24,26);3-5,9,17-18H,6,16H2,1-2H3,(H,12,13). The SMILES string of the molecule is COc1ccc(C(CS)NC(=O)PP)c(OC)c1.COc1ccc(C(CSSCC(NC(=O)PP)c2ccc(OC)cc2OC)NC(=O)PP)c(OC)c1. The minimum Gasteiger partial charge on any atom is -0.497 e. The first-order valence-corrected chi connectivity index (χ1v) is 27.4. The third-order valence-corrected chi connectivity index (χ3v) is 13.9. The van der Waals surface area contributed by atoms with Crippen LogP contribution in [0.4, 0.5) is 14.4 Å². The summed E-state index contributed by atoms with van der Waals surface area (Å²) in [5.41, 5.74) is 2.51. The number of ether oxygens (including phenoxy) is 6. The van der Waals surface area contributed by atoms with Crippen LogP contribution in [0, 0.1) is 0 Å². The average molecular weight is 914 g/mol. The molecule has 3 rings (SSSR count). The third-order valence-electron chi connectivity index (χ3n) is 7.49. The summed E-state index contributed by atoms with van der Waals surface area (Å²) in [5, 5.41) is 9.06. The van der Waals surface area contributed by atoms with Gasteiger partial charge in [-0.05, 0) is 61.2 Å². The average Bonchev–Trinajstić information content (AvgIpc) is 3.22. The van der Waals surface area contributed by atoms with Gasteiger partial charge in [0.15, 0.2) is 0 Å². The molecule has 3 amide bonds. The molecule has 9 unspecified atom stereocenters. The molecule has 3 aromatic rings. The normalized spacial score (nSPS) is 12.8. The molecule has 298 valence electrons. The van der Waals surface area contributed by atoms with Gasteiger partial charge in [0.05, 0.1) is 60.8 Å². The number of amides is 3. The van der Waals surface area contributed by atoms with E-state index in [0.29, 0.717) is 51.8 Å². The summed E-state index contributed by atoms with van der Waals surface area (Å²) >= 11 is 4.27. The molecule has 0 bridgehead atoms. The van der Waals surface area contributed by atoms with E-state index in [4.69, 9.17) is 28.4 Å². The highest BCUT2D eigenvalue weighted by Gasteiger charge is 2.22. The van der Waals surface area contributed by atoms with Crippen LogP contribution in [0.15, 0.2) is 54.6 Å². The highest BCUT2D eigenvalue weighted by atomic mass is 33.1. The second kappa shape index (κ2) is 27.2. The van der Waals surface area contributed by atoms with E-state index in [0.717, 1.165) is 16.7 Å². The molecule has 0 heterocycles. The summed E-state index contributed by atoms with van der Waals surface area (Å²) in [7, 11) is 20.4. The zero-order chi connectivity index (χ0) is 40.0. The molecule has 0 aliphatic carbocycles. The lowest BCUT2D eigenvalue weighted by atomic mass is 10.1. The van der Waals surface area contributed by atoms with Crippen molar-refractivity contribution in [3.05, 3.63) is 71.3 Å². The van der Waals surface area contributed by atoms with Crippen molar-refractivity contribution in [2.24, 2.45) is 0 Å². The minimum atomic E-state index is -0.263. The summed E-state index contributed by atoms with van der Waals surface area (Å²) in [6.07, 6.45) is 0. The molecule has 54 heavy (non-hydrogen) atoms. The second-order valence-electron chi connectivity index (χ2n) is 10.6. The van der Waals surface area contributed by atoms with Gasteiger partial charge in [0.1, 0.15) is 34.5 Å². The van der Waals surface area contributed by atoms with E-state index in [1.165, 1.54) is 0 Å². The minimum absolute atomic E-state index is 0.0167. The molecule has 0 aromatic heterocycles. The zero-order valence-corrected chi connectivity index (χ0v) is 39.7. The molecular formula is C33H49N3O9P6S3. The molecule has 21 heteroatoms. The zero-order valence-electron chi connectivity index (χ0n) is 30.7. The van der Waals surface area contributed by atoms with E-state index in [-0.39, 0.29) is 59.9 Å². The van der Waals surface area contributed by atoms with Crippen molar-refractivity contribution in [2.75, 3.05) is 59.9 Å². The topological polar surface area (TPSA) is 143 Å². The van der Waals surface area contributed by atoms with Gasteiger partial charge in [0.2, 0.25) is 16.9 Å². The van der Waals surface area contributed by atoms with Crippen molar-refractivity contribution < 1.29 is 42.8 Å². The van der Waals surface area contributed by atoms with Crippen LogP contribution < -0.4 is 44.4 Å². The predicted octanol–water partition coefficient (Wildman–Crippen LogP) is 9.09. The summed E-state index contributed by atoms with van der Waals surface area (Å²) in [4.78, 5) is 36.0. The van der Waals surface area contributed by atoms with Gasteiger partial charge in [-0.15, -0.1) is 26.8 Å². The molecule has 0 spiro atoms. The first kappa shape index (κ1) is 48.6. The molecular weight excluding hydrogens is 864 g/mol. The number of nitrogens with one attached hydrogen (secondary N) is 3. The van der Waals surface area contributed by atoms with E-state index in [1.807, 2.05) is 36.4 Å². The van der Waals surface area contributed by atoms with E-state index >= 15 is 0 Å². The van der Waals surface area contributed by atoms with Crippen molar-refractivity contribution in [2.45, 2.75) is 18.1 Å². The van der Waals surface area contributed by atoms with Crippen LogP contribution in [-0.2, 0) is 0 Å². The Morgan fingerprint density at radius 2 is 0.852 bits per heavy atom. The van der Waals surface area contributed by atoms with Gasteiger partial charge in [-0.3, -0.25) is 14.4 Å². The van der Waals surface area contributed by atoms with Gasteiger partial charge in [0.25, 0.3) is 0 Å². The van der Waals surface area contributed by atoms with Gasteiger partial charge in [-0.1, -0.05) is 21.6 Å². The van der Waals surface area contributed by atoms with Crippen molar-refractivity contribution in [1.29, 1.82) is 0 Å². The summed E-state index contributed by atoms with van der Waals surface area (Å²) in [5.74, 6) is 5.74. The fourth-order valence-corrected chi connectivity index (χ4v) is 8.99. The number of benzene rings is 3. The lowest BCUT2D eigenvalue weighted by Gasteiger charge is -2.23. The first-order chi connectivity index (χ1) is 26.1. The van der Waals surface area contributed by atoms with Gasteiger partial charge in [0, 0.05) is 52.1 Å². The Morgan fingerprint density at radius 3 is 1.11 bits per heavy atom. The lowest BCUT2D eigenvalue weighted by molar-refractivity contribution is 0.257. The number of thiol groups is 1. The molecule has 0 fully saturated rings. The van der Waals surface area contributed by atoms with Crippen LogP contribution in [0.2, 0.25) is 0 Å². The van der Waals surface area contributed by atoms with Crippen LogP contribution in [0.5, 0.6) is 34.5 Å². The van der Waals surface area contributed by atoms with Crippen LogP contribution in [0.3, 0.4) is 0 Å². The molecule has 0 radical (unpaired) electrons. The molecule has 0 aliphatic heterocycles. The number of hydrogen-bond acceptors (Lipinski definition) is 12. The molecule has 3 N–H and O–H groups in total. The molecule has 0 saturated heterocycles. The Hall–Kier alpha value is -1.50. The molecule has 0 saturated carbocycles. The fraction of sp³-hybridized carbons (Fsp3) is 0.364. The van der Waals surface area contributed by atoms with E-state index < -0.39 is 0 Å². The van der Waals surface area contributed by atoms with Gasteiger partial charge in [-0.2, -0.15) is 12.6 Å². The van der Waals surface area contributed by atoms with E-state index in [1.54, 1.807) is 82.4 Å². The van der Waals surface area contributed by atoms with Crippen molar-refractivity contribution in [3.63, 3.8) is 0 Å². The number of hydrogen-bond donors (Lipinski definition) is 4. The molecule has 9 atom stereocenters. The highest BCUT2D eigenvalue weighted by Crippen LogP contribution is 2.39. The van der Waals surface area contributed by atoms with Crippen molar-refractivity contribution in [1.82, 2.24) is 16.0 Å². The number of carbonyl (C=O) groups excluding carboxylic acids is 3. The van der Waals surface area contributed by atoms with Crippen molar-refractivity contribution >= 4 is 103 Å². The first-order valence-electron chi connectivity index (χ1n) is 15.9. The summed E-state index contributed by atoms with van der Waals surface area (Å²) < 4.78 is 32.2. The van der Waals surface area contributed by atoms with Crippen LogP contribution >= 0.6 is 85.8 Å². The molecule has 3 aromatic carbocycles. The Balaban J connectivity index is 0.000000469. The Kier molecular flexibility index (Phi) is 24.5. The van der Waals surface area contributed by atoms with E-state index in [2.05, 4.69) is 55.4 Å². The summed E-state index contributed by atoms with van der Waals surface area (Å²) in [6.45, 7) is 0. The van der Waals surface area contributed by atoms with Crippen LogP contribution in [0.25, 0.3) is 0 Å².